The minimum atomic E-state index is 0.0395. The van der Waals surface area contributed by atoms with Gasteiger partial charge in [0, 0.05) is 56.3 Å². The van der Waals surface area contributed by atoms with E-state index in [9.17, 15) is 4.79 Å². The monoisotopic (exact) mass is 534 g/mol. The Balaban J connectivity index is 1.19. The fourth-order valence-corrected chi connectivity index (χ4v) is 6.89. The quantitative estimate of drug-likeness (QED) is 0.387. The van der Waals surface area contributed by atoms with Crippen LogP contribution in [0.5, 0.6) is 5.75 Å². The van der Waals surface area contributed by atoms with Gasteiger partial charge in [-0.05, 0) is 51.1 Å². The predicted octanol–water partition coefficient (Wildman–Crippen LogP) is 2.90. The van der Waals surface area contributed by atoms with Gasteiger partial charge in [-0.15, -0.1) is 11.3 Å². The Morgan fingerprint density at radius 2 is 2.05 bits per heavy atom. The van der Waals surface area contributed by atoms with Crippen molar-refractivity contribution in [3.8, 4) is 5.75 Å². The highest BCUT2D eigenvalue weighted by molar-refractivity contribution is 7.19. The second-order valence-corrected chi connectivity index (χ2v) is 11.4. The Labute approximate surface area is 226 Å². The molecule has 38 heavy (non-hydrogen) atoms. The van der Waals surface area contributed by atoms with Crippen LogP contribution in [0.3, 0.4) is 0 Å². The lowest BCUT2D eigenvalue weighted by Gasteiger charge is -2.37. The molecule has 1 aliphatic carbocycles. The molecule has 1 saturated heterocycles. The van der Waals surface area contributed by atoms with Gasteiger partial charge >= 0.3 is 0 Å². The molecule has 4 aromatic heterocycles. The summed E-state index contributed by atoms with van der Waals surface area (Å²) < 4.78 is 7.50. The number of rotatable bonds is 7. The van der Waals surface area contributed by atoms with E-state index in [0.29, 0.717) is 11.7 Å². The van der Waals surface area contributed by atoms with Crippen molar-refractivity contribution in [1.82, 2.24) is 34.3 Å². The number of fused-ring (bicyclic) bond motifs is 4. The fraction of sp³-hybridized carbons (Fsp3) is 0.481. The zero-order valence-corrected chi connectivity index (χ0v) is 23.0. The summed E-state index contributed by atoms with van der Waals surface area (Å²) in [4.78, 5) is 31.6. The third-order valence-electron chi connectivity index (χ3n) is 7.73. The lowest BCUT2D eigenvalue weighted by Crippen LogP contribution is -2.51. The highest BCUT2D eigenvalue weighted by atomic mass is 32.1. The molecule has 0 radical (unpaired) electrons. The number of thiophene rings is 1. The summed E-state index contributed by atoms with van der Waals surface area (Å²) >= 11 is 1.70. The fourth-order valence-electron chi connectivity index (χ4n) is 5.62. The third-order valence-corrected chi connectivity index (χ3v) is 8.89. The number of nitrogens with one attached hydrogen (secondary N) is 1. The minimum absolute atomic E-state index is 0.0395. The van der Waals surface area contributed by atoms with Gasteiger partial charge in [0.15, 0.2) is 5.75 Å². The van der Waals surface area contributed by atoms with Gasteiger partial charge in [0.2, 0.25) is 5.91 Å². The number of methoxy groups -OCH3 is 1. The topological polar surface area (TPSA) is 91.1 Å². The second-order valence-electron chi connectivity index (χ2n) is 10.4. The number of carbonyl (C=O) groups is 1. The molecule has 1 fully saturated rings. The molecule has 0 saturated carbocycles. The van der Waals surface area contributed by atoms with Crippen LogP contribution in [0, 0.1) is 5.92 Å². The lowest BCUT2D eigenvalue weighted by molar-refractivity contribution is -0.137. The van der Waals surface area contributed by atoms with Crippen LogP contribution in [0.2, 0.25) is 0 Å². The van der Waals surface area contributed by atoms with Gasteiger partial charge < -0.3 is 19.9 Å². The number of amides is 1. The third kappa shape index (κ3) is 4.70. The van der Waals surface area contributed by atoms with Gasteiger partial charge in [-0.1, -0.05) is 0 Å². The van der Waals surface area contributed by atoms with Gasteiger partial charge in [-0.3, -0.25) is 9.69 Å². The Bertz CT molecular complexity index is 1460. The number of likely N-dealkylation sites (N-methyl/N-ethyl adjacent to an activating group) is 1. The molecule has 10 nitrogen and oxygen atoms in total. The highest BCUT2D eigenvalue weighted by Gasteiger charge is 2.33. The number of hydrogen-bond donors (Lipinski definition) is 1. The van der Waals surface area contributed by atoms with Gasteiger partial charge in [0.05, 0.1) is 24.4 Å². The van der Waals surface area contributed by atoms with E-state index in [1.165, 1.54) is 10.4 Å². The Morgan fingerprint density at radius 3 is 2.84 bits per heavy atom. The van der Waals surface area contributed by atoms with Gasteiger partial charge in [0.1, 0.15) is 22.5 Å². The predicted molar refractivity (Wildman–Crippen MR) is 150 cm³/mol. The molecule has 1 amide bonds. The van der Waals surface area contributed by atoms with Crippen LogP contribution in [0.1, 0.15) is 16.9 Å². The van der Waals surface area contributed by atoms with E-state index in [1.807, 2.05) is 18.3 Å². The molecule has 1 N–H and O–H groups in total. The summed E-state index contributed by atoms with van der Waals surface area (Å²) in [6, 6.07) is 3.87. The number of aromatic nitrogens is 4. The molecule has 5 heterocycles. The normalized spacial score (nSPS) is 18.3. The SMILES string of the molecule is COc1c(Nc2ncnc3sc4c(c23)CC[C@H](C(=O)N2CCN(CCN(C)C)CC2)C4)ccn2nccc12. The van der Waals surface area contributed by atoms with E-state index >= 15 is 0 Å². The molecular weight excluding hydrogens is 500 g/mol. The Kier molecular flexibility index (Phi) is 6.89. The summed E-state index contributed by atoms with van der Waals surface area (Å²) in [5, 5.41) is 8.85. The zero-order chi connectivity index (χ0) is 26.2. The Hall–Kier alpha value is -3.28. The molecule has 200 valence electrons. The van der Waals surface area contributed by atoms with Gasteiger partial charge in [0.25, 0.3) is 0 Å². The van der Waals surface area contributed by atoms with Crippen molar-refractivity contribution >= 4 is 44.5 Å². The van der Waals surface area contributed by atoms with Crippen LogP contribution >= 0.6 is 11.3 Å². The van der Waals surface area contributed by atoms with Crippen molar-refractivity contribution in [2.45, 2.75) is 19.3 Å². The molecule has 0 unspecified atom stereocenters. The van der Waals surface area contributed by atoms with Crippen molar-refractivity contribution in [3.05, 3.63) is 41.3 Å². The number of piperazine rings is 1. The summed E-state index contributed by atoms with van der Waals surface area (Å²) in [5.74, 6) is 1.84. The van der Waals surface area contributed by atoms with Crippen molar-refractivity contribution in [2.75, 3.05) is 65.8 Å². The molecule has 1 atom stereocenters. The standard InChI is InChI=1S/C27H34N8O2S/c1-32(2)10-11-33-12-14-34(15-13-33)27(36)18-4-5-19-22(16-18)38-26-23(19)25(28-17-29-26)31-20-7-9-35-21(6-8-30-35)24(20)37-3/h6-9,17-18H,4-5,10-16H2,1-3H3,(H,28,29,31)/t18-/m0/s1. The molecule has 6 rings (SSSR count). The van der Waals surface area contributed by atoms with Gasteiger partial charge in [-0.25, -0.2) is 14.5 Å². The summed E-state index contributed by atoms with van der Waals surface area (Å²) in [7, 11) is 5.87. The highest BCUT2D eigenvalue weighted by Crippen LogP contribution is 2.42. The van der Waals surface area contributed by atoms with E-state index in [2.05, 4.69) is 49.2 Å². The van der Waals surface area contributed by atoms with Crippen molar-refractivity contribution in [1.29, 1.82) is 0 Å². The number of pyridine rings is 1. The number of aryl methyl sites for hydroxylation is 1. The number of nitrogens with zero attached hydrogens (tertiary/aromatic N) is 7. The first kappa shape index (κ1) is 25.0. The van der Waals surface area contributed by atoms with Gasteiger partial charge in [-0.2, -0.15) is 5.10 Å². The molecule has 4 aromatic rings. The molecule has 11 heteroatoms. The van der Waals surface area contributed by atoms with E-state index in [-0.39, 0.29) is 5.92 Å². The Morgan fingerprint density at radius 1 is 1.21 bits per heavy atom. The van der Waals surface area contributed by atoms with E-state index in [0.717, 1.165) is 85.8 Å². The minimum Gasteiger partial charge on any atom is -0.492 e. The summed E-state index contributed by atoms with van der Waals surface area (Å²) in [6.45, 7) is 5.68. The van der Waals surface area contributed by atoms with Crippen LogP contribution in [-0.2, 0) is 17.6 Å². The maximum absolute atomic E-state index is 13.5. The molecule has 0 aromatic carbocycles. The molecule has 1 aliphatic heterocycles. The van der Waals surface area contributed by atoms with E-state index in [1.54, 1.807) is 35.5 Å². The maximum atomic E-state index is 13.5. The average molecular weight is 535 g/mol. The van der Waals surface area contributed by atoms with Crippen LogP contribution in [0.15, 0.2) is 30.9 Å². The smallest absolute Gasteiger partial charge is 0.226 e. The molecule has 0 bridgehead atoms. The van der Waals surface area contributed by atoms with Crippen LogP contribution in [-0.4, -0.2) is 101 Å². The second kappa shape index (κ2) is 10.5. The number of ether oxygens (including phenoxy) is 1. The molecule has 0 spiro atoms. The summed E-state index contributed by atoms with van der Waals surface area (Å²) in [5.41, 5.74) is 2.99. The first-order chi connectivity index (χ1) is 18.5. The summed E-state index contributed by atoms with van der Waals surface area (Å²) in [6.07, 6.45) is 7.76. The molecule has 2 aliphatic rings. The first-order valence-electron chi connectivity index (χ1n) is 13.2. The largest absolute Gasteiger partial charge is 0.492 e. The zero-order valence-electron chi connectivity index (χ0n) is 22.2. The number of hydrogen-bond acceptors (Lipinski definition) is 9. The number of carbonyl (C=O) groups excluding carboxylic acids is 1. The van der Waals surface area contributed by atoms with Crippen molar-refractivity contribution < 1.29 is 9.53 Å². The number of anilines is 2. The van der Waals surface area contributed by atoms with Crippen molar-refractivity contribution in [3.63, 3.8) is 0 Å². The maximum Gasteiger partial charge on any atom is 0.226 e. The van der Waals surface area contributed by atoms with Crippen molar-refractivity contribution in [2.24, 2.45) is 5.92 Å². The van der Waals surface area contributed by atoms with E-state index < -0.39 is 0 Å². The average Bonchev–Trinajstić information content (AvgIpc) is 3.56. The lowest BCUT2D eigenvalue weighted by atomic mass is 9.86. The van der Waals surface area contributed by atoms with E-state index in [4.69, 9.17) is 4.74 Å². The first-order valence-corrected chi connectivity index (χ1v) is 14.0. The van der Waals surface area contributed by atoms with Crippen LogP contribution < -0.4 is 10.1 Å². The van der Waals surface area contributed by atoms with Crippen LogP contribution in [0.25, 0.3) is 15.7 Å². The van der Waals surface area contributed by atoms with Crippen LogP contribution in [0.4, 0.5) is 11.5 Å². The molecular formula is C27H34N8O2S.